The van der Waals surface area contributed by atoms with Crippen LogP contribution in [0.25, 0.3) is 0 Å². The van der Waals surface area contributed by atoms with E-state index in [1.54, 1.807) is 6.08 Å². The zero-order chi connectivity index (χ0) is 21.5. The highest BCUT2D eigenvalue weighted by Gasteiger charge is 2.36. The van der Waals surface area contributed by atoms with E-state index in [1.165, 1.54) is 11.1 Å². The highest BCUT2D eigenvalue weighted by molar-refractivity contribution is 6.25. The Hall–Kier alpha value is -2.05. The third-order valence-corrected chi connectivity index (χ3v) is 7.53. The molecule has 3 N–H and O–H groups in total. The second kappa shape index (κ2) is 8.47. The Bertz CT molecular complexity index is 957. The molecule has 1 aliphatic heterocycles. The van der Waals surface area contributed by atoms with Crippen molar-refractivity contribution in [2.45, 2.75) is 67.4 Å². The van der Waals surface area contributed by atoms with Gasteiger partial charge in [-0.05, 0) is 42.9 Å². The smallest absolute Gasteiger partial charge is 0.254 e. The summed E-state index contributed by atoms with van der Waals surface area (Å²) in [5, 5.41) is 9.33. The van der Waals surface area contributed by atoms with Gasteiger partial charge in [0.05, 0.1) is 34.1 Å². The Balaban J connectivity index is 1.26. The number of amides is 1. The Morgan fingerprint density at radius 3 is 2.45 bits per heavy atom. The predicted octanol–water partition coefficient (Wildman–Crippen LogP) is 3.47. The second-order valence-electron chi connectivity index (χ2n) is 8.73. The van der Waals surface area contributed by atoms with Crippen molar-refractivity contribution in [3.05, 3.63) is 58.6 Å². The number of hydrogen-bond donors (Lipinski definition) is 3. The first-order chi connectivity index (χ1) is 15.0. The molecule has 4 aliphatic rings. The SMILES string of the molecule is O=C(NC1Cc2ccccc2C1)C1=C(F)CC2NC(NC3C(Cl)CCCC3Cl)=NC2=C1. The fourth-order valence-corrected chi connectivity index (χ4v) is 5.76. The largest absolute Gasteiger partial charge is 0.350 e. The standard InChI is InChI=1S/C23H25Cl2FN4O/c24-16-6-3-7-17(25)21(16)30-23-28-19-10-15(18(26)11-20(19)29-23)22(31)27-14-8-12-4-1-2-5-13(12)9-14/h1-2,4-5,10,14,16-17,20-21H,3,6-9,11H2,(H,27,31)(H2,28,29,30). The van der Waals surface area contributed by atoms with Crippen LogP contribution in [-0.2, 0) is 17.6 Å². The number of nitrogens with zero attached hydrogens (tertiary/aromatic N) is 1. The summed E-state index contributed by atoms with van der Waals surface area (Å²) in [6, 6.07) is 7.74. The van der Waals surface area contributed by atoms with Crippen LogP contribution < -0.4 is 16.0 Å². The van der Waals surface area contributed by atoms with Crippen LogP contribution in [-0.4, -0.2) is 40.7 Å². The average Bonchev–Trinajstić information content (AvgIpc) is 3.32. The van der Waals surface area contributed by atoms with Crippen molar-refractivity contribution >= 4 is 35.1 Å². The van der Waals surface area contributed by atoms with E-state index in [1.807, 2.05) is 12.1 Å². The summed E-state index contributed by atoms with van der Waals surface area (Å²) in [5.41, 5.74) is 3.19. The first kappa shape index (κ1) is 20.8. The van der Waals surface area contributed by atoms with Crippen LogP contribution in [0, 0.1) is 0 Å². The molecule has 31 heavy (non-hydrogen) atoms. The van der Waals surface area contributed by atoms with Gasteiger partial charge < -0.3 is 16.0 Å². The molecule has 1 aromatic carbocycles. The average molecular weight is 463 g/mol. The predicted molar refractivity (Wildman–Crippen MR) is 121 cm³/mol. The van der Waals surface area contributed by atoms with Crippen molar-refractivity contribution in [1.29, 1.82) is 0 Å². The molecule has 0 spiro atoms. The maximum atomic E-state index is 14.8. The number of nitrogens with one attached hydrogen (secondary N) is 3. The minimum atomic E-state index is -0.422. The lowest BCUT2D eigenvalue weighted by Crippen LogP contribution is -2.53. The molecule has 0 bridgehead atoms. The van der Waals surface area contributed by atoms with Crippen LogP contribution in [0.3, 0.4) is 0 Å². The van der Waals surface area contributed by atoms with E-state index < -0.39 is 5.83 Å². The summed E-state index contributed by atoms with van der Waals surface area (Å²) in [6.45, 7) is 0. The van der Waals surface area contributed by atoms with Gasteiger partial charge in [0.1, 0.15) is 5.83 Å². The normalized spacial score (nSPS) is 30.2. The van der Waals surface area contributed by atoms with Crippen molar-refractivity contribution in [2.75, 3.05) is 0 Å². The summed E-state index contributed by atoms with van der Waals surface area (Å²) in [4.78, 5) is 17.4. The van der Waals surface area contributed by atoms with E-state index in [9.17, 15) is 9.18 Å². The van der Waals surface area contributed by atoms with Crippen molar-refractivity contribution in [2.24, 2.45) is 4.99 Å². The van der Waals surface area contributed by atoms with Crippen LogP contribution in [0.2, 0.25) is 0 Å². The number of carbonyl (C=O) groups is 1. The van der Waals surface area contributed by atoms with Gasteiger partial charge in [0.25, 0.3) is 5.91 Å². The van der Waals surface area contributed by atoms with Gasteiger partial charge in [-0.25, -0.2) is 9.38 Å². The molecule has 1 saturated carbocycles. The lowest BCUT2D eigenvalue weighted by Gasteiger charge is -2.32. The summed E-state index contributed by atoms with van der Waals surface area (Å²) >= 11 is 12.9. The lowest BCUT2D eigenvalue weighted by atomic mass is 9.94. The van der Waals surface area contributed by atoms with Crippen molar-refractivity contribution < 1.29 is 9.18 Å². The Morgan fingerprint density at radius 2 is 1.77 bits per heavy atom. The first-order valence-electron chi connectivity index (χ1n) is 10.9. The number of alkyl halides is 2. The molecule has 0 aromatic heterocycles. The number of carbonyl (C=O) groups excluding carboxylic acids is 1. The van der Waals surface area contributed by atoms with Gasteiger partial charge in [0.15, 0.2) is 5.96 Å². The second-order valence-corrected chi connectivity index (χ2v) is 9.85. The van der Waals surface area contributed by atoms with E-state index in [-0.39, 0.29) is 46.8 Å². The summed E-state index contributed by atoms with van der Waals surface area (Å²) < 4.78 is 14.8. The third-order valence-electron chi connectivity index (χ3n) is 6.55. The van der Waals surface area contributed by atoms with Crippen LogP contribution in [0.5, 0.6) is 0 Å². The number of rotatable bonds is 3. The van der Waals surface area contributed by atoms with Gasteiger partial charge in [-0.15, -0.1) is 23.2 Å². The number of hydrogen-bond acceptors (Lipinski definition) is 4. The van der Waals surface area contributed by atoms with Gasteiger partial charge in [-0.1, -0.05) is 30.7 Å². The quantitative estimate of drug-likeness (QED) is 0.602. The molecule has 1 aromatic rings. The molecule has 3 atom stereocenters. The molecular formula is C23H25Cl2FN4O. The maximum Gasteiger partial charge on any atom is 0.254 e. The van der Waals surface area contributed by atoms with E-state index >= 15 is 0 Å². The Morgan fingerprint density at radius 1 is 1.10 bits per heavy atom. The Labute approximate surface area is 191 Å². The first-order valence-corrected chi connectivity index (χ1v) is 11.7. The van der Waals surface area contributed by atoms with Crippen LogP contribution in [0.1, 0.15) is 36.8 Å². The number of halogens is 3. The minimum absolute atomic E-state index is 0.0173. The molecule has 3 aliphatic carbocycles. The molecule has 8 heteroatoms. The molecule has 1 heterocycles. The summed E-state index contributed by atoms with van der Waals surface area (Å²) in [6.07, 6.45) is 5.98. The van der Waals surface area contributed by atoms with E-state index in [2.05, 4.69) is 33.1 Å². The van der Waals surface area contributed by atoms with Crippen LogP contribution in [0.15, 0.2) is 52.4 Å². The van der Waals surface area contributed by atoms with E-state index in [0.29, 0.717) is 11.7 Å². The van der Waals surface area contributed by atoms with E-state index in [0.717, 1.165) is 32.1 Å². The van der Waals surface area contributed by atoms with Gasteiger partial charge >= 0.3 is 0 Å². The van der Waals surface area contributed by atoms with Crippen molar-refractivity contribution in [3.63, 3.8) is 0 Å². The van der Waals surface area contributed by atoms with Crippen molar-refractivity contribution in [1.82, 2.24) is 16.0 Å². The molecular weight excluding hydrogens is 438 g/mol. The number of aliphatic imine (C=N–C) groups is 1. The van der Waals surface area contributed by atoms with Gasteiger partial charge in [-0.3, -0.25) is 4.79 Å². The molecule has 3 unspecified atom stereocenters. The molecule has 164 valence electrons. The molecule has 1 fully saturated rings. The third kappa shape index (κ3) is 4.20. The fraction of sp³-hybridized carbons (Fsp3) is 0.478. The summed E-state index contributed by atoms with van der Waals surface area (Å²) in [5.74, 6) is -0.263. The molecule has 0 radical (unpaired) electrons. The number of guanidine groups is 1. The topological polar surface area (TPSA) is 65.5 Å². The summed E-state index contributed by atoms with van der Waals surface area (Å²) in [7, 11) is 0. The van der Waals surface area contributed by atoms with Gasteiger partial charge in [-0.2, -0.15) is 0 Å². The van der Waals surface area contributed by atoms with Crippen LogP contribution in [0.4, 0.5) is 4.39 Å². The van der Waals surface area contributed by atoms with Crippen LogP contribution >= 0.6 is 23.2 Å². The molecule has 5 rings (SSSR count). The highest BCUT2D eigenvalue weighted by atomic mass is 35.5. The Kier molecular flexibility index (Phi) is 5.69. The number of benzene rings is 1. The maximum absolute atomic E-state index is 14.8. The highest BCUT2D eigenvalue weighted by Crippen LogP contribution is 2.31. The minimum Gasteiger partial charge on any atom is -0.350 e. The molecule has 5 nitrogen and oxygen atoms in total. The molecule has 1 amide bonds. The van der Waals surface area contributed by atoms with Crippen molar-refractivity contribution in [3.8, 4) is 0 Å². The zero-order valence-corrected chi connectivity index (χ0v) is 18.5. The van der Waals surface area contributed by atoms with E-state index in [4.69, 9.17) is 23.2 Å². The monoisotopic (exact) mass is 462 g/mol. The lowest BCUT2D eigenvalue weighted by molar-refractivity contribution is -0.118. The van der Waals surface area contributed by atoms with Gasteiger partial charge in [0.2, 0.25) is 0 Å². The zero-order valence-electron chi connectivity index (χ0n) is 17.0. The van der Waals surface area contributed by atoms with Gasteiger partial charge in [0, 0.05) is 12.5 Å². The molecule has 0 saturated heterocycles. The number of fused-ring (bicyclic) bond motifs is 2. The fourth-order valence-electron chi connectivity index (χ4n) is 4.90.